The number of esters is 2. The van der Waals surface area contributed by atoms with Crippen LogP contribution < -0.4 is 24.4 Å². The number of aromatic nitrogens is 1. The third-order valence-corrected chi connectivity index (χ3v) is 6.61. The predicted molar refractivity (Wildman–Crippen MR) is 141 cm³/mol. The maximum atomic E-state index is 13.6. The van der Waals surface area contributed by atoms with E-state index < -0.39 is 18.0 Å². The summed E-state index contributed by atoms with van der Waals surface area (Å²) in [5, 5.41) is 0. The molecule has 0 unspecified atom stereocenters. The lowest BCUT2D eigenvalue weighted by atomic mass is 9.95. The Balaban J connectivity index is 1.88. The zero-order valence-electron chi connectivity index (χ0n) is 20.9. The molecule has 1 atom stereocenters. The second-order valence-electron chi connectivity index (χ2n) is 8.10. The van der Waals surface area contributed by atoms with Crippen molar-refractivity contribution in [3.05, 3.63) is 96.7 Å². The maximum Gasteiger partial charge on any atom is 0.338 e. The molecule has 1 aromatic heterocycles. The lowest BCUT2D eigenvalue weighted by Gasteiger charge is -2.25. The van der Waals surface area contributed by atoms with Gasteiger partial charge in [0.1, 0.15) is 0 Å². The molecule has 0 saturated heterocycles. The average molecular weight is 519 g/mol. The number of methoxy groups -OCH3 is 1. The molecule has 0 amide bonds. The molecular formula is C28H26N2O6S. The molecule has 2 aromatic carbocycles. The molecule has 0 spiro atoms. The summed E-state index contributed by atoms with van der Waals surface area (Å²) in [6.45, 7) is 4.90. The Morgan fingerprint density at radius 1 is 1.14 bits per heavy atom. The Labute approximate surface area is 217 Å². The summed E-state index contributed by atoms with van der Waals surface area (Å²) in [6.07, 6.45) is 5.46. The minimum atomic E-state index is -0.809. The smallest absolute Gasteiger partial charge is 0.338 e. The van der Waals surface area contributed by atoms with E-state index in [1.165, 1.54) is 29.9 Å². The van der Waals surface area contributed by atoms with E-state index in [0.29, 0.717) is 26.3 Å². The third-order valence-electron chi connectivity index (χ3n) is 5.61. The van der Waals surface area contributed by atoms with E-state index in [4.69, 9.17) is 14.2 Å². The van der Waals surface area contributed by atoms with Crippen LogP contribution in [0.2, 0.25) is 0 Å². The maximum absolute atomic E-state index is 13.6. The van der Waals surface area contributed by atoms with Crippen LogP contribution in [0.25, 0.3) is 12.2 Å². The van der Waals surface area contributed by atoms with E-state index in [9.17, 15) is 14.4 Å². The van der Waals surface area contributed by atoms with Crippen molar-refractivity contribution in [2.75, 3.05) is 13.7 Å². The summed E-state index contributed by atoms with van der Waals surface area (Å²) < 4.78 is 17.9. The van der Waals surface area contributed by atoms with Crippen molar-refractivity contribution in [1.82, 2.24) is 4.57 Å². The van der Waals surface area contributed by atoms with E-state index in [0.717, 1.165) is 5.56 Å². The number of rotatable bonds is 7. The molecule has 190 valence electrons. The van der Waals surface area contributed by atoms with Gasteiger partial charge in [-0.1, -0.05) is 59.9 Å². The normalized spacial score (nSPS) is 15.4. The lowest BCUT2D eigenvalue weighted by molar-refractivity contribution is -0.139. The molecule has 1 aliphatic rings. The molecule has 2 heterocycles. The van der Waals surface area contributed by atoms with E-state index in [-0.39, 0.29) is 23.5 Å². The fourth-order valence-corrected chi connectivity index (χ4v) is 5.02. The molecular weight excluding hydrogens is 492 g/mol. The molecule has 0 saturated carbocycles. The highest BCUT2D eigenvalue weighted by Gasteiger charge is 2.34. The Hall–Kier alpha value is -4.24. The summed E-state index contributed by atoms with van der Waals surface area (Å²) >= 11 is 1.24. The Bertz CT molecular complexity index is 1580. The number of fused-ring (bicyclic) bond motifs is 1. The largest absolute Gasteiger partial charge is 0.493 e. The zero-order valence-corrected chi connectivity index (χ0v) is 21.7. The summed E-state index contributed by atoms with van der Waals surface area (Å²) in [7, 11) is 1.45. The van der Waals surface area contributed by atoms with Crippen LogP contribution in [0.4, 0.5) is 0 Å². The predicted octanol–water partition coefficient (Wildman–Crippen LogP) is 3.40. The van der Waals surface area contributed by atoms with E-state index in [1.54, 1.807) is 38.1 Å². The van der Waals surface area contributed by atoms with Gasteiger partial charge in [0.25, 0.3) is 5.56 Å². The summed E-state index contributed by atoms with van der Waals surface area (Å²) in [5.41, 5.74) is 2.01. The molecule has 8 nitrogen and oxygen atoms in total. The van der Waals surface area contributed by atoms with Crippen LogP contribution in [-0.4, -0.2) is 30.2 Å². The third kappa shape index (κ3) is 5.46. The standard InChI is InChI=1S/C28H26N2O6S/c1-5-35-27(33)24-17(2)29-28-30(25(24)20-14-15-21(36-18(3)31)22(16-20)34-4)26(32)23(37-28)13-9-12-19-10-7-6-8-11-19/h6-16,25H,5H2,1-4H3/b12-9-,23-13?/t25-/m1/s1. The first-order chi connectivity index (χ1) is 17.8. The minimum absolute atomic E-state index is 0.172. The Morgan fingerprint density at radius 2 is 1.89 bits per heavy atom. The second-order valence-corrected chi connectivity index (χ2v) is 9.11. The zero-order chi connectivity index (χ0) is 26.5. The molecule has 0 N–H and O–H groups in total. The molecule has 3 aromatic rings. The summed E-state index contributed by atoms with van der Waals surface area (Å²) in [6, 6.07) is 13.8. The van der Waals surface area contributed by atoms with Crippen LogP contribution in [0.15, 0.2) is 75.7 Å². The number of ether oxygens (including phenoxy) is 3. The van der Waals surface area contributed by atoms with Gasteiger partial charge in [0.2, 0.25) is 0 Å². The van der Waals surface area contributed by atoms with Gasteiger partial charge in [-0.2, -0.15) is 0 Å². The number of carbonyl (C=O) groups is 2. The van der Waals surface area contributed by atoms with Crippen LogP contribution in [0.5, 0.6) is 11.5 Å². The average Bonchev–Trinajstić information content (AvgIpc) is 3.18. The van der Waals surface area contributed by atoms with Gasteiger partial charge in [-0.3, -0.25) is 14.2 Å². The molecule has 1 aliphatic heterocycles. The number of thiazole rings is 1. The topological polar surface area (TPSA) is 96.2 Å². The van der Waals surface area contributed by atoms with E-state index in [2.05, 4.69) is 4.99 Å². The van der Waals surface area contributed by atoms with Crippen LogP contribution in [0.1, 0.15) is 37.9 Å². The van der Waals surface area contributed by atoms with Gasteiger partial charge < -0.3 is 14.2 Å². The van der Waals surface area contributed by atoms with Crippen LogP contribution in [0.3, 0.4) is 0 Å². The number of nitrogens with zero attached hydrogens (tertiary/aromatic N) is 2. The SMILES string of the molecule is CCOC(=O)C1=C(C)N=c2sc(=C/C=C\c3ccccc3)c(=O)n2[C@@H]1c1ccc(OC(C)=O)c(OC)c1. The summed E-state index contributed by atoms with van der Waals surface area (Å²) in [4.78, 5) is 43.2. The fraction of sp³-hybridized carbons (Fsp3) is 0.214. The van der Waals surface area contributed by atoms with Crippen LogP contribution in [-0.2, 0) is 14.3 Å². The van der Waals surface area contributed by atoms with Gasteiger partial charge >= 0.3 is 11.9 Å². The number of hydrogen-bond donors (Lipinski definition) is 0. The lowest BCUT2D eigenvalue weighted by Crippen LogP contribution is -2.39. The molecule has 0 bridgehead atoms. The molecule has 0 radical (unpaired) electrons. The number of carbonyl (C=O) groups excluding carboxylic acids is 2. The Morgan fingerprint density at radius 3 is 2.57 bits per heavy atom. The van der Waals surface area contributed by atoms with Gasteiger partial charge in [-0.25, -0.2) is 9.79 Å². The first-order valence-electron chi connectivity index (χ1n) is 11.6. The highest BCUT2D eigenvalue weighted by molar-refractivity contribution is 7.07. The van der Waals surface area contributed by atoms with Crippen molar-refractivity contribution in [3.63, 3.8) is 0 Å². The van der Waals surface area contributed by atoms with Crippen molar-refractivity contribution in [2.24, 2.45) is 4.99 Å². The van der Waals surface area contributed by atoms with Crippen molar-refractivity contribution < 1.29 is 23.8 Å². The minimum Gasteiger partial charge on any atom is -0.493 e. The van der Waals surface area contributed by atoms with Gasteiger partial charge in [-0.05, 0) is 43.2 Å². The van der Waals surface area contributed by atoms with Gasteiger partial charge in [0.15, 0.2) is 16.3 Å². The highest BCUT2D eigenvalue weighted by Crippen LogP contribution is 2.36. The summed E-state index contributed by atoms with van der Waals surface area (Å²) in [5.74, 6) is -0.533. The molecule has 9 heteroatoms. The first-order valence-corrected chi connectivity index (χ1v) is 12.4. The van der Waals surface area contributed by atoms with Crippen molar-refractivity contribution >= 4 is 35.4 Å². The van der Waals surface area contributed by atoms with Gasteiger partial charge in [-0.15, -0.1) is 0 Å². The van der Waals surface area contributed by atoms with Crippen molar-refractivity contribution in [2.45, 2.75) is 26.8 Å². The number of hydrogen-bond acceptors (Lipinski definition) is 8. The highest BCUT2D eigenvalue weighted by atomic mass is 32.1. The van der Waals surface area contributed by atoms with Crippen molar-refractivity contribution in [1.29, 1.82) is 0 Å². The molecule has 4 rings (SSSR count). The van der Waals surface area contributed by atoms with Gasteiger partial charge in [0, 0.05) is 6.92 Å². The quantitative estimate of drug-likeness (QED) is 0.351. The molecule has 0 aliphatic carbocycles. The van der Waals surface area contributed by atoms with Gasteiger partial charge in [0.05, 0.1) is 35.6 Å². The fourth-order valence-electron chi connectivity index (χ4n) is 4.03. The molecule has 37 heavy (non-hydrogen) atoms. The monoisotopic (exact) mass is 518 g/mol. The first kappa shape index (κ1) is 25.8. The van der Waals surface area contributed by atoms with Crippen molar-refractivity contribution in [3.8, 4) is 11.5 Å². The Kier molecular flexibility index (Phi) is 7.83. The van der Waals surface area contributed by atoms with Crippen LogP contribution in [0, 0.1) is 0 Å². The van der Waals surface area contributed by atoms with Crippen LogP contribution >= 0.6 is 11.3 Å². The number of allylic oxidation sites excluding steroid dienone is 2. The van der Waals surface area contributed by atoms with E-state index >= 15 is 0 Å². The molecule has 0 fully saturated rings. The second kappa shape index (κ2) is 11.2. The van der Waals surface area contributed by atoms with E-state index in [1.807, 2.05) is 42.5 Å². The number of benzene rings is 2.